The number of amides is 1. The molecule has 1 atom stereocenters. The molecule has 0 saturated heterocycles. The summed E-state index contributed by atoms with van der Waals surface area (Å²) < 4.78 is 29.7. The maximum absolute atomic E-state index is 12.3. The third-order valence-electron chi connectivity index (χ3n) is 3.31. The Labute approximate surface area is 149 Å². The van der Waals surface area contributed by atoms with Gasteiger partial charge in [0, 0.05) is 18.0 Å². The Morgan fingerprint density at radius 3 is 2.72 bits per heavy atom. The average Bonchev–Trinajstić information content (AvgIpc) is 2.57. The molecule has 1 aromatic carbocycles. The van der Waals surface area contributed by atoms with Crippen molar-refractivity contribution in [3.8, 4) is 5.75 Å². The van der Waals surface area contributed by atoms with Gasteiger partial charge in [-0.15, -0.1) is 0 Å². The van der Waals surface area contributed by atoms with Crippen LogP contribution in [0.3, 0.4) is 0 Å². The summed E-state index contributed by atoms with van der Waals surface area (Å²) in [6.07, 6.45) is -1.12. The molecule has 0 aliphatic carbocycles. The third kappa shape index (κ3) is 5.86. The van der Waals surface area contributed by atoms with Crippen LogP contribution in [0.2, 0.25) is 5.02 Å². The molecule has 1 unspecified atom stereocenters. The van der Waals surface area contributed by atoms with Gasteiger partial charge in [0.2, 0.25) is 5.91 Å². The second-order valence-corrected chi connectivity index (χ2v) is 5.84. The molecule has 25 heavy (non-hydrogen) atoms. The van der Waals surface area contributed by atoms with Crippen molar-refractivity contribution in [3.63, 3.8) is 0 Å². The number of aromatic nitrogens is 1. The summed E-state index contributed by atoms with van der Waals surface area (Å²) in [7, 11) is 0. The number of hydrogen-bond donors (Lipinski definition) is 2. The van der Waals surface area contributed by atoms with Crippen molar-refractivity contribution >= 4 is 29.0 Å². The van der Waals surface area contributed by atoms with Gasteiger partial charge in [0.25, 0.3) is 6.43 Å². The van der Waals surface area contributed by atoms with E-state index in [4.69, 9.17) is 16.3 Å². The molecule has 0 bridgehead atoms. The highest BCUT2D eigenvalue weighted by Gasteiger charge is 2.14. The molecule has 1 aromatic heterocycles. The van der Waals surface area contributed by atoms with Crippen molar-refractivity contribution in [2.75, 3.05) is 17.2 Å². The quantitative estimate of drug-likeness (QED) is 0.770. The van der Waals surface area contributed by atoms with E-state index in [2.05, 4.69) is 15.6 Å². The highest BCUT2D eigenvalue weighted by atomic mass is 35.5. The molecule has 1 heterocycles. The van der Waals surface area contributed by atoms with Gasteiger partial charge >= 0.3 is 0 Å². The summed E-state index contributed by atoms with van der Waals surface area (Å²) >= 11 is 5.74. The zero-order chi connectivity index (χ0) is 18.4. The fraction of sp³-hybridized carbons (Fsp3) is 0.294. The molecular formula is C17H18ClF2N3O2. The van der Waals surface area contributed by atoms with Gasteiger partial charge in [0.05, 0.1) is 5.02 Å². The number of pyridine rings is 1. The monoisotopic (exact) mass is 369 g/mol. The number of ether oxygens (including phenoxy) is 1. The molecular weight excluding hydrogens is 352 g/mol. The number of benzene rings is 1. The van der Waals surface area contributed by atoms with Gasteiger partial charge in [-0.05, 0) is 37.6 Å². The molecule has 2 N–H and O–H groups in total. The number of halogens is 3. The maximum Gasteiger partial charge on any atom is 0.272 e. The van der Waals surface area contributed by atoms with Crippen LogP contribution in [0.5, 0.6) is 5.75 Å². The highest BCUT2D eigenvalue weighted by molar-refractivity contribution is 6.30. The van der Waals surface area contributed by atoms with Crippen LogP contribution >= 0.6 is 11.6 Å². The molecule has 0 aliphatic heterocycles. The predicted molar refractivity (Wildman–Crippen MR) is 93.6 cm³/mol. The minimum absolute atomic E-state index is 0.301. The van der Waals surface area contributed by atoms with Crippen LogP contribution < -0.4 is 15.4 Å². The second-order valence-electron chi connectivity index (χ2n) is 5.40. The van der Waals surface area contributed by atoms with Gasteiger partial charge in [0.15, 0.2) is 0 Å². The number of carbonyl (C=O) groups excluding carboxylic acids is 1. The number of alkyl halides is 2. The molecule has 0 fully saturated rings. The molecule has 0 spiro atoms. The fourth-order valence-electron chi connectivity index (χ4n) is 2.00. The molecule has 8 heteroatoms. The summed E-state index contributed by atoms with van der Waals surface area (Å²) in [6.45, 7) is 2.75. The fourth-order valence-corrected chi connectivity index (χ4v) is 2.11. The van der Waals surface area contributed by atoms with E-state index in [1.54, 1.807) is 44.2 Å². The molecule has 1 amide bonds. The number of nitrogens with one attached hydrogen (secondary N) is 2. The van der Waals surface area contributed by atoms with Crippen LogP contribution in [-0.2, 0) is 4.79 Å². The van der Waals surface area contributed by atoms with Crippen LogP contribution in [-0.4, -0.2) is 30.0 Å². The normalized spacial score (nSPS) is 11.9. The Bertz CT molecular complexity index is 726. The minimum Gasteiger partial charge on any atom is -0.487 e. The zero-order valence-electron chi connectivity index (χ0n) is 13.7. The summed E-state index contributed by atoms with van der Waals surface area (Å²) in [5, 5.41) is 6.12. The standard InChI is InChI=1S/C17H18ClF2N3O2/c1-10-3-5-13(7-14(10)25-9-15(19)20)22-11(2)17(24)23-16-6-4-12(18)8-21-16/h3-8,11,15,22H,9H2,1-2H3,(H,21,23,24). The van der Waals surface area contributed by atoms with Crippen molar-refractivity contribution in [1.29, 1.82) is 0 Å². The minimum atomic E-state index is -2.55. The van der Waals surface area contributed by atoms with Gasteiger partial charge in [-0.1, -0.05) is 17.7 Å². The second kappa shape index (κ2) is 8.62. The lowest BCUT2D eigenvalue weighted by Gasteiger charge is -2.17. The van der Waals surface area contributed by atoms with Gasteiger partial charge < -0.3 is 15.4 Å². The van der Waals surface area contributed by atoms with Crippen molar-refractivity contribution in [2.24, 2.45) is 0 Å². The van der Waals surface area contributed by atoms with E-state index in [-0.39, 0.29) is 5.91 Å². The molecule has 0 saturated carbocycles. The molecule has 2 aromatic rings. The van der Waals surface area contributed by atoms with E-state index in [1.165, 1.54) is 6.20 Å². The van der Waals surface area contributed by atoms with Crippen LogP contribution in [0.1, 0.15) is 12.5 Å². The first-order valence-corrected chi connectivity index (χ1v) is 7.93. The number of hydrogen-bond acceptors (Lipinski definition) is 4. The summed E-state index contributed by atoms with van der Waals surface area (Å²) in [5.41, 5.74) is 1.32. The lowest BCUT2D eigenvalue weighted by atomic mass is 10.2. The highest BCUT2D eigenvalue weighted by Crippen LogP contribution is 2.23. The number of nitrogens with zero attached hydrogens (tertiary/aromatic N) is 1. The van der Waals surface area contributed by atoms with E-state index in [9.17, 15) is 13.6 Å². The average molecular weight is 370 g/mol. The van der Waals surface area contributed by atoms with Crippen LogP contribution in [0, 0.1) is 6.92 Å². The summed E-state index contributed by atoms with van der Waals surface area (Å²) in [5.74, 6) is 0.427. The maximum atomic E-state index is 12.3. The molecule has 0 radical (unpaired) electrons. The first-order chi connectivity index (χ1) is 11.8. The van der Waals surface area contributed by atoms with Crippen molar-refractivity contribution in [3.05, 3.63) is 47.1 Å². The van der Waals surface area contributed by atoms with Crippen molar-refractivity contribution in [1.82, 2.24) is 4.98 Å². The third-order valence-corrected chi connectivity index (χ3v) is 3.53. The first kappa shape index (κ1) is 18.9. The Morgan fingerprint density at radius 2 is 2.08 bits per heavy atom. The lowest BCUT2D eigenvalue weighted by molar-refractivity contribution is -0.116. The Balaban J connectivity index is 1.99. The van der Waals surface area contributed by atoms with E-state index in [0.717, 1.165) is 5.56 Å². The molecule has 0 aliphatic rings. The van der Waals surface area contributed by atoms with E-state index < -0.39 is 19.1 Å². The smallest absolute Gasteiger partial charge is 0.272 e. The number of aryl methyl sites for hydroxylation is 1. The topological polar surface area (TPSA) is 63.2 Å². The van der Waals surface area contributed by atoms with E-state index in [0.29, 0.717) is 22.3 Å². The Kier molecular flexibility index (Phi) is 6.52. The number of anilines is 2. The van der Waals surface area contributed by atoms with Crippen molar-refractivity contribution in [2.45, 2.75) is 26.3 Å². The molecule has 5 nitrogen and oxygen atoms in total. The van der Waals surface area contributed by atoms with Gasteiger partial charge in [0.1, 0.15) is 24.2 Å². The lowest BCUT2D eigenvalue weighted by Crippen LogP contribution is -2.32. The van der Waals surface area contributed by atoms with Gasteiger partial charge in [-0.25, -0.2) is 13.8 Å². The van der Waals surface area contributed by atoms with E-state index in [1.807, 2.05) is 0 Å². The molecule has 134 valence electrons. The van der Waals surface area contributed by atoms with Gasteiger partial charge in [-0.3, -0.25) is 4.79 Å². The van der Waals surface area contributed by atoms with Crippen LogP contribution in [0.25, 0.3) is 0 Å². The largest absolute Gasteiger partial charge is 0.487 e. The Morgan fingerprint density at radius 1 is 1.32 bits per heavy atom. The van der Waals surface area contributed by atoms with Crippen LogP contribution in [0.15, 0.2) is 36.5 Å². The number of carbonyl (C=O) groups is 1. The summed E-state index contributed by atoms with van der Waals surface area (Å²) in [6, 6.07) is 7.69. The van der Waals surface area contributed by atoms with Crippen molar-refractivity contribution < 1.29 is 18.3 Å². The number of rotatable bonds is 7. The summed E-state index contributed by atoms with van der Waals surface area (Å²) in [4.78, 5) is 16.2. The van der Waals surface area contributed by atoms with E-state index >= 15 is 0 Å². The SMILES string of the molecule is Cc1ccc(NC(C)C(=O)Nc2ccc(Cl)cn2)cc1OCC(F)F. The molecule has 2 rings (SSSR count). The van der Waals surface area contributed by atoms with Gasteiger partial charge in [-0.2, -0.15) is 0 Å². The van der Waals surface area contributed by atoms with Crippen LogP contribution in [0.4, 0.5) is 20.3 Å². The first-order valence-electron chi connectivity index (χ1n) is 7.55. The zero-order valence-corrected chi connectivity index (χ0v) is 14.5. The Hall–Kier alpha value is -2.41. The predicted octanol–water partition coefficient (Wildman–Crippen LogP) is 4.13.